The zero-order chi connectivity index (χ0) is 13.3. The van der Waals surface area contributed by atoms with E-state index < -0.39 is 23.3 Å². The smallest absolute Gasteiger partial charge is 0.416 e. The highest BCUT2D eigenvalue weighted by Crippen LogP contribution is 2.31. The van der Waals surface area contributed by atoms with E-state index in [0.717, 1.165) is 38.3 Å². The summed E-state index contributed by atoms with van der Waals surface area (Å²) in [6.07, 6.45) is -4.45. The minimum absolute atomic E-state index is 0.0392. The maximum atomic E-state index is 12.3. The quantitative estimate of drug-likeness (QED) is 0.815. The van der Waals surface area contributed by atoms with Crippen molar-refractivity contribution in [1.29, 1.82) is 0 Å². The lowest BCUT2D eigenvalue weighted by Gasteiger charge is -2.21. The summed E-state index contributed by atoms with van der Waals surface area (Å²) in [6, 6.07) is 3.68. The molecule has 0 fully saturated rings. The molecule has 1 unspecified atom stereocenters. The minimum atomic E-state index is -4.45. The van der Waals surface area contributed by atoms with Crippen LogP contribution in [0.25, 0.3) is 0 Å². The molecule has 0 saturated carbocycles. The highest BCUT2D eigenvalue weighted by Gasteiger charge is 2.35. The Labute approximate surface area is 95.8 Å². The second-order valence-corrected chi connectivity index (χ2v) is 3.64. The monoisotopic (exact) mass is 248 g/mol. The van der Waals surface area contributed by atoms with Crippen LogP contribution in [0.4, 0.5) is 13.2 Å². The predicted molar refractivity (Wildman–Crippen MR) is 53.0 cm³/mol. The van der Waals surface area contributed by atoms with Crippen molar-refractivity contribution in [2.24, 2.45) is 0 Å². The van der Waals surface area contributed by atoms with E-state index in [1.807, 2.05) is 0 Å². The molecule has 3 nitrogen and oxygen atoms in total. The summed E-state index contributed by atoms with van der Waals surface area (Å²) < 4.78 is 41.2. The van der Waals surface area contributed by atoms with Crippen LogP contribution in [0.5, 0.6) is 0 Å². The first-order valence-electron chi connectivity index (χ1n) is 4.68. The molecule has 0 amide bonds. The Balaban J connectivity index is 3.07. The molecule has 0 spiro atoms. The van der Waals surface area contributed by atoms with E-state index in [4.69, 9.17) is 0 Å². The number of esters is 1. The van der Waals surface area contributed by atoms with Crippen molar-refractivity contribution in [3.8, 4) is 0 Å². The normalized spacial score (nSPS) is 15.2. The van der Waals surface area contributed by atoms with Crippen LogP contribution in [0.1, 0.15) is 18.1 Å². The SMILES string of the molecule is COC(=O)C(C)(O)c1ccc(C(F)(F)F)cc1. The van der Waals surface area contributed by atoms with Crippen LogP contribution < -0.4 is 0 Å². The molecular weight excluding hydrogens is 237 g/mol. The number of benzene rings is 1. The number of methoxy groups -OCH3 is 1. The molecule has 1 aromatic rings. The molecular formula is C11H11F3O3. The number of ether oxygens (including phenoxy) is 1. The second-order valence-electron chi connectivity index (χ2n) is 3.64. The molecule has 0 aliphatic carbocycles. The third-order valence-corrected chi connectivity index (χ3v) is 2.36. The zero-order valence-electron chi connectivity index (χ0n) is 9.21. The van der Waals surface area contributed by atoms with Crippen molar-refractivity contribution in [3.63, 3.8) is 0 Å². The summed E-state index contributed by atoms with van der Waals surface area (Å²) in [4.78, 5) is 11.2. The summed E-state index contributed by atoms with van der Waals surface area (Å²) in [7, 11) is 1.08. The number of aliphatic hydroxyl groups is 1. The summed E-state index contributed by atoms with van der Waals surface area (Å²) in [5.41, 5.74) is -2.77. The molecule has 6 heteroatoms. The molecule has 1 N–H and O–H groups in total. The van der Waals surface area contributed by atoms with Gasteiger partial charge in [-0.05, 0) is 24.6 Å². The lowest BCUT2D eigenvalue weighted by atomic mass is 9.95. The molecule has 1 aromatic carbocycles. The molecule has 0 bridgehead atoms. The van der Waals surface area contributed by atoms with Gasteiger partial charge in [0.05, 0.1) is 12.7 Å². The number of halogens is 3. The van der Waals surface area contributed by atoms with Crippen molar-refractivity contribution >= 4 is 5.97 Å². The average Bonchev–Trinajstić information content (AvgIpc) is 2.27. The second kappa shape index (κ2) is 4.37. The molecule has 0 heterocycles. The van der Waals surface area contributed by atoms with Gasteiger partial charge >= 0.3 is 12.1 Å². The molecule has 94 valence electrons. The molecule has 0 aromatic heterocycles. The maximum absolute atomic E-state index is 12.3. The average molecular weight is 248 g/mol. The Kier molecular flexibility index (Phi) is 3.47. The van der Waals surface area contributed by atoms with Crippen LogP contribution in [0.3, 0.4) is 0 Å². The first-order valence-corrected chi connectivity index (χ1v) is 4.68. The van der Waals surface area contributed by atoms with E-state index in [0.29, 0.717) is 0 Å². The van der Waals surface area contributed by atoms with Gasteiger partial charge in [-0.3, -0.25) is 0 Å². The lowest BCUT2D eigenvalue weighted by Crippen LogP contribution is -2.33. The Morgan fingerprint density at radius 2 is 1.59 bits per heavy atom. The first-order chi connectivity index (χ1) is 7.69. The van der Waals surface area contributed by atoms with Crippen LogP contribution in [-0.2, 0) is 21.3 Å². The van der Waals surface area contributed by atoms with Crippen molar-refractivity contribution in [1.82, 2.24) is 0 Å². The summed E-state index contributed by atoms with van der Waals surface area (Å²) in [5.74, 6) is -0.933. The fraction of sp³-hybridized carbons (Fsp3) is 0.364. The van der Waals surface area contributed by atoms with Crippen molar-refractivity contribution < 1.29 is 27.8 Å². The fourth-order valence-corrected chi connectivity index (χ4v) is 1.30. The first kappa shape index (κ1) is 13.5. The third kappa shape index (κ3) is 2.76. The van der Waals surface area contributed by atoms with Gasteiger partial charge in [0.2, 0.25) is 0 Å². The summed E-state index contributed by atoms with van der Waals surface area (Å²) in [5, 5.41) is 9.79. The molecule has 0 aliphatic rings. The predicted octanol–water partition coefficient (Wildman–Crippen LogP) is 2.09. The van der Waals surface area contributed by atoms with Crippen LogP contribution in [0.15, 0.2) is 24.3 Å². The van der Waals surface area contributed by atoms with Gasteiger partial charge in [0, 0.05) is 0 Å². The minimum Gasteiger partial charge on any atom is -0.467 e. The molecule has 1 atom stereocenters. The van der Waals surface area contributed by atoms with E-state index >= 15 is 0 Å². The number of alkyl halides is 3. The lowest BCUT2D eigenvalue weighted by molar-refractivity contribution is -0.161. The van der Waals surface area contributed by atoms with Crippen LogP contribution in [-0.4, -0.2) is 18.2 Å². The van der Waals surface area contributed by atoms with Gasteiger partial charge in [0.25, 0.3) is 0 Å². The van der Waals surface area contributed by atoms with Crippen LogP contribution >= 0.6 is 0 Å². The number of carbonyl (C=O) groups excluding carboxylic acids is 1. The Morgan fingerprint density at radius 3 is 1.94 bits per heavy atom. The van der Waals surface area contributed by atoms with Gasteiger partial charge in [-0.25, -0.2) is 4.79 Å². The highest BCUT2D eigenvalue weighted by atomic mass is 19.4. The van der Waals surface area contributed by atoms with E-state index in [1.165, 1.54) is 0 Å². The number of carbonyl (C=O) groups is 1. The maximum Gasteiger partial charge on any atom is 0.416 e. The third-order valence-electron chi connectivity index (χ3n) is 2.36. The number of hydrogen-bond acceptors (Lipinski definition) is 3. The summed E-state index contributed by atoms with van der Waals surface area (Å²) in [6.45, 7) is 1.15. The fourth-order valence-electron chi connectivity index (χ4n) is 1.30. The highest BCUT2D eigenvalue weighted by molar-refractivity contribution is 5.80. The van der Waals surface area contributed by atoms with Crippen LogP contribution in [0.2, 0.25) is 0 Å². The Hall–Kier alpha value is -1.56. The van der Waals surface area contributed by atoms with Crippen molar-refractivity contribution in [2.75, 3.05) is 7.11 Å². The van der Waals surface area contributed by atoms with E-state index in [2.05, 4.69) is 4.74 Å². The van der Waals surface area contributed by atoms with Gasteiger partial charge in [-0.1, -0.05) is 12.1 Å². The van der Waals surface area contributed by atoms with Crippen molar-refractivity contribution in [3.05, 3.63) is 35.4 Å². The van der Waals surface area contributed by atoms with Gasteiger partial charge in [0.1, 0.15) is 0 Å². The molecule has 0 saturated heterocycles. The number of rotatable bonds is 2. The topological polar surface area (TPSA) is 46.5 Å². The summed E-state index contributed by atoms with van der Waals surface area (Å²) >= 11 is 0. The van der Waals surface area contributed by atoms with E-state index in [1.54, 1.807) is 0 Å². The zero-order valence-corrected chi connectivity index (χ0v) is 9.21. The molecule has 0 radical (unpaired) electrons. The van der Waals surface area contributed by atoms with Gasteiger partial charge in [-0.15, -0.1) is 0 Å². The van der Waals surface area contributed by atoms with Crippen molar-refractivity contribution in [2.45, 2.75) is 18.7 Å². The van der Waals surface area contributed by atoms with Crippen LogP contribution in [0, 0.1) is 0 Å². The molecule has 17 heavy (non-hydrogen) atoms. The number of hydrogen-bond donors (Lipinski definition) is 1. The van der Waals surface area contributed by atoms with Gasteiger partial charge in [0.15, 0.2) is 5.60 Å². The standard InChI is InChI=1S/C11H11F3O3/c1-10(16,9(15)17-2)7-3-5-8(6-4-7)11(12,13)14/h3-6,16H,1-2H3. The van der Waals surface area contributed by atoms with Gasteiger partial charge < -0.3 is 9.84 Å². The van der Waals surface area contributed by atoms with Gasteiger partial charge in [-0.2, -0.15) is 13.2 Å². The van der Waals surface area contributed by atoms with E-state index in [-0.39, 0.29) is 5.56 Å². The largest absolute Gasteiger partial charge is 0.467 e. The Morgan fingerprint density at radius 1 is 1.18 bits per heavy atom. The Bertz CT molecular complexity index is 407. The van der Waals surface area contributed by atoms with E-state index in [9.17, 15) is 23.1 Å². The molecule has 0 aliphatic heterocycles. The molecule has 1 rings (SSSR count).